The van der Waals surface area contributed by atoms with E-state index in [4.69, 9.17) is 31.2 Å². The van der Waals surface area contributed by atoms with Gasteiger partial charge in [0.25, 0.3) is 5.91 Å². The van der Waals surface area contributed by atoms with Crippen LogP contribution in [0.15, 0.2) is 83.9 Å². The lowest BCUT2D eigenvalue weighted by Crippen LogP contribution is -2.56. The maximum atomic E-state index is 13.6. The number of nitrogens with zero attached hydrogens (tertiary/aromatic N) is 1. The molecule has 1 heterocycles. The van der Waals surface area contributed by atoms with E-state index >= 15 is 0 Å². The molecule has 1 aliphatic heterocycles. The number of carbonyl (C=O) groups excluding carboxylic acids is 1. The van der Waals surface area contributed by atoms with Crippen molar-refractivity contribution in [3.63, 3.8) is 0 Å². The number of aliphatic imine (C=N–C) groups is 1. The average Bonchev–Trinajstić information content (AvgIpc) is 3.25. The van der Waals surface area contributed by atoms with Crippen molar-refractivity contribution in [1.82, 2.24) is 10.9 Å². The number of halogens is 1. The number of benzene rings is 3. The van der Waals surface area contributed by atoms with Crippen molar-refractivity contribution in [2.75, 3.05) is 19.8 Å². The smallest absolute Gasteiger partial charge is 0.266 e. The Balaban J connectivity index is 1.49. The van der Waals surface area contributed by atoms with E-state index in [1.54, 1.807) is 0 Å². The summed E-state index contributed by atoms with van der Waals surface area (Å²) >= 11 is 5.96. The zero-order valence-electron chi connectivity index (χ0n) is 20.8. The van der Waals surface area contributed by atoms with Crippen LogP contribution >= 0.6 is 11.6 Å². The molecule has 7 nitrogen and oxygen atoms in total. The molecular weight excluding hydrogens is 490 g/mol. The minimum atomic E-state index is -1.14. The fourth-order valence-corrected chi connectivity index (χ4v) is 4.29. The predicted octanol–water partition coefficient (Wildman–Crippen LogP) is 4.11. The molecule has 0 saturated carbocycles. The van der Waals surface area contributed by atoms with Gasteiger partial charge >= 0.3 is 0 Å². The summed E-state index contributed by atoms with van der Waals surface area (Å²) in [5.41, 5.74) is 7.65. The van der Waals surface area contributed by atoms with Gasteiger partial charge in [-0.2, -0.15) is 0 Å². The van der Waals surface area contributed by atoms with E-state index in [0.717, 1.165) is 23.1 Å². The first-order chi connectivity index (χ1) is 18.0. The second-order valence-corrected chi connectivity index (χ2v) is 9.41. The third-order valence-electron chi connectivity index (χ3n) is 6.30. The summed E-state index contributed by atoms with van der Waals surface area (Å²) in [4.78, 5) is 18.5. The van der Waals surface area contributed by atoms with E-state index in [1.165, 1.54) is 0 Å². The first-order valence-corrected chi connectivity index (χ1v) is 12.8. The molecule has 3 aromatic carbocycles. The topological polar surface area (TPSA) is 92.2 Å². The molecule has 3 aromatic rings. The van der Waals surface area contributed by atoms with Crippen molar-refractivity contribution in [3.05, 3.63) is 101 Å². The van der Waals surface area contributed by atoms with E-state index in [-0.39, 0.29) is 12.5 Å². The Morgan fingerprint density at radius 1 is 1.05 bits per heavy atom. The molecule has 0 bridgehead atoms. The number of hydrazine groups is 1. The maximum absolute atomic E-state index is 13.6. The lowest BCUT2D eigenvalue weighted by Gasteiger charge is -2.28. The second kappa shape index (κ2) is 12.7. The van der Waals surface area contributed by atoms with Gasteiger partial charge in [0.1, 0.15) is 11.9 Å². The second-order valence-electron chi connectivity index (χ2n) is 8.97. The van der Waals surface area contributed by atoms with Crippen LogP contribution in [0.1, 0.15) is 30.0 Å². The quantitative estimate of drug-likeness (QED) is 0.246. The fourth-order valence-electron chi connectivity index (χ4n) is 4.16. The Kier molecular flexibility index (Phi) is 9.17. The van der Waals surface area contributed by atoms with Gasteiger partial charge in [0, 0.05) is 36.6 Å². The van der Waals surface area contributed by atoms with E-state index in [0.29, 0.717) is 42.7 Å². The third-order valence-corrected chi connectivity index (χ3v) is 6.55. The van der Waals surface area contributed by atoms with E-state index in [9.17, 15) is 4.79 Å². The Morgan fingerprint density at radius 2 is 1.78 bits per heavy atom. The van der Waals surface area contributed by atoms with E-state index in [2.05, 4.69) is 10.9 Å². The van der Waals surface area contributed by atoms with Crippen LogP contribution in [-0.2, 0) is 22.4 Å². The van der Waals surface area contributed by atoms with Crippen molar-refractivity contribution in [2.45, 2.75) is 37.8 Å². The lowest BCUT2D eigenvalue weighted by atomic mass is 9.86. The standard InChI is InChI=1S/C29H32ClN3O4/c1-21-29(20-23-6-3-2-4-7-23,28(35)33-31-17-16-22-8-12-25(30)13-9-22)32-27(37-21)24-10-14-26(15-11-24)36-19-5-18-34/h2-4,6-15,21,31,34H,5,16-20H2,1H3,(H,33,35)/t21-,29-/m0/s1. The molecule has 0 aromatic heterocycles. The molecule has 1 amide bonds. The predicted molar refractivity (Wildman–Crippen MR) is 145 cm³/mol. The largest absolute Gasteiger partial charge is 0.494 e. The van der Waals surface area contributed by atoms with Gasteiger partial charge < -0.3 is 14.6 Å². The van der Waals surface area contributed by atoms with Crippen LogP contribution < -0.4 is 15.6 Å². The van der Waals surface area contributed by atoms with Gasteiger partial charge in [0.15, 0.2) is 5.54 Å². The molecule has 4 rings (SSSR count). The summed E-state index contributed by atoms with van der Waals surface area (Å²) < 4.78 is 11.8. The Bertz CT molecular complexity index is 1190. The third kappa shape index (κ3) is 6.89. The Labute approximate surface area is 222 Å². The number of amides is 1. The van der Waals surface area contributed by atoms with Crippen LogP contribution in [0.2, 0.25) is 5.02 Å². The summed E-state index contributed by atoms with van der Waals surface area (Å²) in [7, 11) is 0. The fraction of sp³-hybridized carbons (Fsp3) is 0.310. The SMILES string of the molecule is C[C@@H]1OC(c2ccc(OCCCO)cc2)=N[C@]1(Cc1ccccc1)C(=O)NNCCc1ccc(Cl)cc1. The minimum absolute atomic E-state index is 0.0855. The monoisotopic (exact) mass is 521 g/mol. The molecular formula is C29H32ClN3O4. The first-order valence-electron chi connectivity index (χ1n) is 12.4. The average molecular weight is 522 g/mol. The van der Waals surface area contributed by atoms with Gasteiger partial charge in [0.05, 0.1) is 6.61 Å². The first kappa shape index (κ1) is 26.7. The van der Waals surface area contributed by atoms with Crippen LogP contribution in [0.4, 0.5) is 0 Å². The summed E-state index contributed by atoms with van der Waals surface area (Å²) in [5, 5.41) is 9.63. The highest BCUT2D eigenvalue weighted by molar-refractivity contribution is 6.30. The lowest BCUT2D eigenvalue weighted by molar-refractivity contribution is -0.129. The molecule has 3 N–H and O–H groups in total. The minimum Gasteiger partial charge on any atom is -0.494 e. The van der Waals surface area contributed by atoms with Crippen molar-refractivity contribution in [1.29, 1.82) is 0 Å². The maximum Gasteiger partial charge on any atom is 0.266 e. The van der Waals surface area contributed by atoms with Crippen LogP contribution in [0.3, 0.4) is 0 Å². The molecule has 0 spiro atoms. The normalized spacial score (nSPS) is 18.7. The van der Waals surface area contributed by atoms with Gasteiger partial charge in [-0.3, -0.25) is 10.2 Å². The van der Waals surface area contributed by atoms with Gasteiger partial charge in [-0.25, -0.2) is 10.4 Å². The van der Waals surface area contributed by atoms with Crippen LogP contribution in [0.5, 0.6) is 5.75 Å². The van der Waals surface area contributed by atoms with Crippen molar-refractivity contribution < 1.29 is 19.4 Å². The number of carbonyl (C=O) groups is 1. The highest BCUT2D eigenvalue weighted by Gasteiger charge is 2.50. The van der Waals surface area contributed by atoms with Gasteiger partial charge in [-0.15, -0.1) is 0 Å². The Hall–Kier alpha value is -3.39. The van der Waals surface area contributed by atoms with Gasteiger partial charge in [-0.05, 0) is 60.9 Å². The summed E-state index contributed by atoms with van der Waals surface area (Å²) in [5.74, 6) is 0.864. The highest BCUT2D eigenvalue weighted by atomic mass is 35.5. The number of rotatable bonds is 12. The number of nitrogens with one attached hydrogen (secondary N) is 2. The van der Waals surface area contributed by atoms with Crippen molar-refractivity contribution in [2.24, 2.45) is 4.99 Å². The molecule has 8 heteroatoms. The van der Waals surface area contributed by atoms with Crippen LogP contribution in [-0.4, -0.2) is 48.3 Å². The molecule has 194 valence electrons. The van der Waals surface area contributed by atoms with Crippen molar-refractivity contribution in [3.8, 4) is 5.75 Å². The molecule has 0 radical (unpaired) electrons. The van der Waals surface area contributed by atoms with Crippen LogP contribution in [0, 0.1) is 0 Å². The number of hydrogen-bond donors (Lipinski definition) is 3. The molecule has 0 unspecified atom stereocenters. The summed E-state index contributed by atoms with van der Waals surface area (Å²) in [6.07, 6.45) is 1.21. The van der Waals surface area contributed by atoms with E-state index in [1.807, 2.05) is 85.8 Å². The number of hydrogen-bond acceptors (Lipinski definition) is 6. The van der Waals surface area contributed by atoms with Gasteiger partial charge in [0.2, 0.25) is 5.90 Å². The molecule has 37 heavy (non-hydrogen) atoms. The number of ether oxygens (including phenoxy) is 2. The molecule has 0 aliphatic carbocycles. The molecule has 0 fully saturated rings. The highest BCUT2D eigenvalue weighted by Crippen LogP contribution is 2.32. The number of aliphatic hydroxyl groups excluding tert-OH is 1. The molecule has 1 aliphatic rings. The van der Waals surface area contributed by atoms with E-state index < -0.39 is 11.6 Å². The summed E-state index contributed by atoms with van der Waals surface area (Å²) in [6.45, 7) is 2.95. The molecule has 0 saturated heterocycles. The number of aliphatic hydroxyl groups is 1. The van der Waals surface area contributed by atoms with Gasteiger partial charge in [-0.1, -0.05) is 54.1 Å². The zero-order chi connectivity index (χ0) is 26.1. The Morgan fingerprint density at radius 3 is 2.49 bits per heavy atom. The van der Waals surface area contributed by atoms with Crippen molar-refractivity contribution >= 4 is 23.4 Å². The molecule has 2 atom stereocenters. The van der Waals surface area contributed by atoms with Crippen LogP contribution in [0.25, 0.3) is 0 Å². The zero-order valence-corrected chi connectivity index (χ0v) is 21.6. The summed E-state index contributed by atoms with van der Waals surface area (Å²) in [6, 6.07) is 24.9.